The Balaban J connectivity index is 1.82. The minimum Gasteiger partial charge on any atom is -0.360 e. The number of hydrogen-bond donors (Lipinski definition) is 2. The Bertz CT molecular complexity index is 942. The van der Waals surface area contributed by atoms with Crippen molar-refractivity contribution >= 4 is 46.6 Å². The number of aromatic nitrogens is 3. The molecule has 0 aliphatic carbocycles. The van der Waals surface area contributed by atoms with E-state index in [2.05, 4.69) is 25.8 Å². The van der Waals surface area contributed by atoms with Gasteiger partial charge in [0.05, 0.1) is 10.7 Å². The van der Waals surface area contributed by atoms with Gasteiger partial charge in [-0.15, -0.1) is 0 Å². The first-order valence-corrected chi connectivity index (χ1v) is 7.99. The molecule has 0 bridgehead atoms. The molecule has 128 valence electrons. The third-order valence-corrected chi connectivity index (χ3v) is 3.68. The summed E-state index contributed by atoms with van der Waals surface area (Å²) < 4.78 is 4.97. The Hall–Kier alpha value is -2.64. The first-order valence-electron chi connectivity index (χ1n) is 7.23. The van der Waals surface area contributed by atoms with E-state index in [1.807, 2.05) is 0 Å². The fourth-order valence-electron chi connectivity index (χ4n) is 2.06. The lowest BCUT2D eigenvalue weighted by atomic mass is 10.3. The van der Waals surface area contributed by atoms with Crippen LogP contribution in [0.4, 0.5) is 17.5 Å². The molecule has 3 aromatic rings. The number of benzene rings is 1. The topological polar surface area (TPSA) is 92.9 Å². The second kappa shape index (κ2) is 7.08. The highest BCUT2D eigenvalue weighted by atomic mass is 35.5. The maximum Gasteiger partial charge on any atom is 0.274 e. The SMILES string of the molecule is Cc1cc(C(=O)Nc2ccc(Cl)cc2Cl)nc(Nc2cc(C)on2)n1. The number of nitrogens with zero attached hydrogens (tertiary/aromatic N) is 3. The van der Waals surface area contributed by atoms with Crippen molar-refractivity contribution in [2.45, 2.75) is 13.8 Å². The Morgan fingerprint density at radius 3 is 2.60 bits per heavy atom. The molecule has 0 radical (unpaired) electrons. The molecule has 2 heterocycles. The highest BCUT2D eigenvalue weighted by molar-refractivity contribution is 6.36. The average Bonchev–Trinajstić information content (AvgIpc) is 2.94. The second-order valence-corrected chi connectivity index (χ2v) is 6.09. The van der Waals surface area contributed by atoms with Gasteiger partial charge in [0.25, 0.3) is 5.91 Å². The monoisotopic (exact) mass is 377 g/mol. The minimum atomic E-state index is -0.422. The van der Waals surface area contributed by atoms with Crippen molar-refractivity contribution in [3.8, 4) is 0 Å². The van der Waals surface area contributed by atoms with Crippen LogP contribution in [-0.4, -0.2) is 21.0 Å². The number of anilines is 3. The van der Waals surface area contributed by atoms with Crippen LogP contribution in [0, 0.1) is 13.8 Å². The van der Waals surface area contributed by atoms with Crippen molar-refractivity contribution in [3.63, 3.8) is 0 Å². The van der Waals surface area contributed by atoms with Gasteiger partial charge in [-0.1, -0.05) is 28.4 Å². The molecule has 2 N–H and O–H groups in total. The molecular formula is C16H13Cl2N5O2. The maximum absolute atomic E-state index is 12.5. The van der Waals surface area contributed by atoms with Crippen molar-refractivity contribution in [3.05, 3.63) is 57.5 Å². The van der Waals surface area contributed by atoms with Crippen LogP contribution in [0.3, 0.4) is 0 Å². The van der Waals surface area contributed by atoms with E-state index in [1.165, 1.54) is 0 Å². The summed E-state index contributed by atoms with van der Waals surface area (Å²) in [6.07, 6.45) is 0. The van der Waals surface area contributed by atoms with Crippen LogP contribution in [0.15, 0.2) is 34.9 Å². The summed E-state index contributed by atoms with van der Waals surface area (Å²) in [4.78, 5) is 20.9. The van der Waals surface area contributed by atoms with E-state index in [4.69, 9.17) is 27.7 Å². The molecule has 0 aliphatic heterocycles. The van der Waals surface area contributed by atoms with E-state index >= 15 is 0 Å². The summed E-state index contributed by atoms with van der Waals surface area (Å²) in [5.41, 5.74) is 1.24. The fourth-order valence-corrected chi connectivity index (χ4v) is 2.51. The zero-order valence-corrected chi connectivity index (χ0v) is 14.8. The average molecular weight is 378 g/mol. The second-order valence-electron chi connectivity index (χ2n) is 5.24. The van der Waals surface area contributed by atoms with Crippen molar-refractivity contribution in [2.75, 3.05) is 10.6 Å². The van der Waals surface area contributed by atoms with Gasteiger partial charge < -0.3 is 15.2 Å². The predicted octanol–water partition coefficient (Wildman–Crippen LogP) is 4.38. The predicted molar refractivity (Wildman–Crippen MR) is 95.7 cm³/mol. The molecule has 1 amide bonds. The number of halogens is 2. The molecule has 0 spiro atoms. The zero-order chi connectivity index (χ0) is 18.0. The summed E-state index contributed by atoms with van der Waals surface area (Å²) >= 11 is 11.9. The van der Waals surface area contributed by atoms with Crippen LogP contribution >= 0.6 is 23.2 Å². The molecule has 0 aliphatic rings. The molecule has 25 heavy (non-hydrogen) atoms. The van der Waals surface area contributed by atoms with Crippen molar-refractivity contribution < 1.29 is 9.32 Å². The lowest BCUT2D eigenvalue weighted by Gasteiger charge is -2.09. The van der Waals surface area contributed by atoms with E-state index in [0.29, 0.717) is 33.0 Å². The molecule has 2 aromatic heterocycles. The quantitative estimate of drug-likeness (QED) is 0.700. The normalized spacial score (nSPS) is 10.6. The summed E-state index contributed by atoms with van der Waals surface area (Å²) in [7, 11) is 0. The number of amides is 1. The molecule has 0 unspecified atom stereocenters. The Kier molecular flexibility index (Phi) is 4.87. The van der Waals surface area contributed by atoms with Crippen LogP contribution in [0.2, 0.25) is 10.0 Å². The third kappa shape index (κ3) is 4.26. The summed E-state index contributed by atoms with van der Waals surface area (Å²) in [5, 5.41) is 10.2. The van der Waals surface area contributed by atoms with Gasteiger partial charge in [-0.25, -0.2) is 9.97 Å². The molecule has 3 rings (SSSR count). The minimum absolute atomic E-state index is 0.182. The summed E-state index contributed by atoms with van der Waals surface area (Å²) in [6.45, 7) is 3.52. The van der Waals surface area contributed by atoms with Crippen molar-refractivity contribution in [1.29, 1.82) is 0 Å². The number of carbonyl (C=O) groups excluding carboxylic acids is 1. The third-order valence-electron chi connectivity index (χ3n) is 3.13. The molecular weight excluding hydrogens is 365 g/mol. The van der Waals surface area contributed by atoms with Crippen molar-refractivity contribution in [1.82, 2.24) is 15.1 Å². The van der Waals surface area contributed by atoms with Gasteiger partial charge in [-0.2, -0.15) is 0 Å². The zero-order valence-electron chi connectivity index (χ0n) is 13.3. The van der Waals surface area contributed by atoms with Gasteiger partial charge >= 0.3 is 0 Å². The van der Waals surface area contributed by atoms with Crippen LogP contribution in [0.1, 0.15) is 21.9 Å². The number of nitrogens with one attached hydrogen (secondary N) is 2. The lowest BCUT2D eigenvalue weighted by molar-refractivity contribution is 0.102. The highest BCUT2D eigenvalue weighted by Crippen LogP contribution is 2.25. The van der Waals surface area contributed by atoms with Crippen LogP contribution < -0.4 is 10.6 Å². The van der Waals surface area contributed by atoms with E-state index in [0.717, 1.165) is 0 Å². The molecule has 0 saturated carbocycles. The fraction of sp³-hybridized carbons (Fsp3) is 0.125. The van der Waals surface area contributed by atoms with E-state index in [9.17, 15) is 4.79 Å². The van der Waals surface area contributed by atoms with Gasteiger partial charge in [0, 0.05) is 16.8 Å². The summed E-state index contributed by atoms with van der Waals surface area (Å²) in [6, 6.07) is 8.06. The number of rotatable bonds is 4. The van der Waals surface area contributed by atoms with Crippen LogP contribution in [0.5, 0.6) is 0 Å². The van der Waals surface area contributed by atoms with Gasteiger partial charge in [0.2, 0.25) is 5.95 Å². The van der Waals surface area contributed by atoms with E-state index in [1.54, 1.807) is 44.2 Å². The molecule has 7 nitrogen and oxygen atoms in total. The first-order chi connectivity index (χ1) is 11.9. The Morgan fingerprint density at radius 1 is 1.12 bits per heavy atom. The molecule has 0 atom stereocenters. The van der Waals surface area contributed by atoms with Gasteiger partial charge in [-0.05, 0) is 38.1 Å². The van der Waals surface area contributed by atoms with E-state index in [-0.39, 0.29) is 11.6 Å². The molecule has 1 aromatic carbocycles. The lowest BCUT2D eigenvalue weighted by Crippen LogP contribution is -2.15. The largest absolute Gasteiger partial charge is 0.360 e. The standard InChI is InChI=1S/C16H13Cl2N5O2/c1-8-5-13(15(24)20-12-4-3-10(17)7-11(12)18)21-16(19-8)22-14-6-9(2)25-23-14/h3-7H,1-2H3,(H,20,24)(H,19,21,22,23). The smallest absolute Gasteiger partial charge is 0.274 e. The first kappa shape index (κ1) is 17.2. The van der Waals surface area contributed by atoms with Gasteiger partial charge in [-0.3, -0.25) is 4.79 Å². The van der Waals surface area contributed by atoms with Gasteiger partial charge in [0.15, 0.2) is 5.82 Å². The van der Waals surface area contributed by atoms with E-state index < -0.39 is 5.91 Å². The number of carbonyl (C=O) groups is 1. The van der Waals surface area contributed by atoms with Gasteiger partial charge in [0.1, 0.15) is 11.5 Å². The molecule has 0 saturated heterocycles. The summed E-state index contributed by atoms with van der Waals surface area (Å²) in [5.74, 6) is 0.912. The number of hydrogen-bond acceptors (Lipinski definition) is 6. The number of aryl methyl sites for hydroxylation is 2. The maximum atomic E-state index is 12.5. The Labute approximate surface area is 153 Å². The van der Waals surface area contributed by atoms with Crippen LogP contribution in [0.25, 0.3) is 0 Å². The van der Waals surface area contributed by atoms with Crippen LogP contribution in [-0.2, 0) is 0 Å². The Morgan fingerprint density at radius 2 is 1.92 bits per heavy atom. The molecule has 9 heteroatoms. The van der Waals surface area contributed by atoms with Crippen molar-refractivity contribution in [2.24, 2.45) is 0 Å². The highest BCUT2D eigenvalue weighted by Gasteiger charge is 2.13. The molecule has 0 fully saturated rings.